The molecule has 2 N–H and O–H groups in total. The van der Waals surface area contributed by atoms with Crippen molar-refractivity contribution < 1.29 is 0 Å². The minimum absolute atomic E-state index is 0.329. The van der Waals surface area contributed by atoms with Gasteiger partial charge in [0.15, 0.2) is 0 Å². The van der Waals surface area contributed by atoms with Crippen LogP contribution in [0.4, 0.5) is 5.69 Å². The quantitative estimate of drug-likeness (QED) is 0.906. The van der Waals surface area contributed by atoms with Crippen LogP contribution in [0.1, 0.15) is 19.8 Å². The van der Waals surface area contributed by atoms with Gasteiger partial charge in [-0.2, -0.15) is 0 Å². The zero-order valence-electron chi connectivity index (χ0n) is 9.62. The van der Waals surface area contributed by atoms with E-state index in [0.29, 0.717) is 5.41 Å². The minimum atomic E-state index is 0.329. The standard InChI is InChI=1S/C12H18BrN3/c1-12(9-14)3-6-16(7-4-12)11-2-5-15-8-10(11)13/h2,5,8H,3-4,6-7,9,14H2,1H3. The first-order chi connectivity index (χ1) is 7.64. The molecule has 0 spiro atoms. The summed E-state index contributed by atoms with van der Waals surface area (Å²) in [5, 5.41) is 0. The molecule has 4 heteroatoms. The van der Waals surface area contributed by atoms with Crippen molar-refractivity contribution in [2.45, 2.75) is 19.8 Å². The highest BCUT2D eigenvalue weighted by molar-refractivity contribution is 9.10. The van der Waals surface area contributed by atoms with Crippen molar-refractivity contribution in [3.8, 4) is 0 Å². The van der Waals surface area contributed by atoms with Crippen LogP contribution in [0.15, 0.2) is 22.9 Å². The number of piperidine rings is 1. The molecule has 1 aliphatic rings. The van der Waals surface area contributed by atoms with Gasteiger partial charge < -0.3 is 10.6 Å². The summed E-state index contributed by atoms with van der Waals surface area (Å²) in [4.78, 5) is 6.50. The predicted molar refractivity (Wildman–Crippen MR) is 70.5 cm³/mol. The maximum atomic E-state index is 5.81. The minimum Gasteiger partial charge on any atom is -0.370 e. The van der Waals surface area contributed by atoms with E-state index >= 15 is 0 Å². The maximum Gasteiger partial charge on any atom is 0.0592 e. The fourth-order valence-electron chi connectivity index (χ4n) is 2.12. The molecule has 1 saturated heterocycles. The molecule has 0 radical (unpaired) electrons. The molecule has 0 aliphatic carbocycles. The van der Waals surface area contributed by atoms with Gasteiger partial charge in [-0.05, 0) is 46.8 Å². The van der Waals surface area contributed by atoms with Gasteiger partial charge in [0, 0.05) is 25.5 Å². The fraction of sp³-hybridized carbons (Fsp3) is 0.583. The predicted octanol–water partition coefficient (Wildman–Crippen LogP) is 2.41. The summed E-state index contributed by atoms with van der Waals surface area (Å²) in [7, 11) is 0. The first-order valence-corrected chi connectivity index (χ1v) is 6.48. The first-order valence-electron chi connectivity index (χ1n) is 5.69. The number of anilines is 1. The lowest BCUT2D eigenvalue weighted by atomic mass is 9.80. The van der Waals surface area contributed by atoms with Crippen molar-refractivity contribution in [3.63, 3.8) is 0 Å². The van der Waals surface area contributed by atoms with Crippen LogP contribution < -0.4 is 10.6 Å². The number of rotatable bonds is 2. The smallest absolute Gasteiger partial charge is 0.0592 e. The van der Waals surface area contributed by atoms with Crippen molar-refractivity contribution in [3.05, 3.63) is 22.9 Å². The molecule has 0 atom stereocenters. The molecular weight excluding hydrogens is 266 g/mol. The molecule has 88 valence electrons. The molecule has 1 aromatic heterocycles. The Morgan fingerprint density at radius 2 is 2.19 bits per heavy atom. The van der Waals surface area contributed by atoms with Crippen LogP contribution in [-0.4, -0.2) is 24.6 Å². The second-order valence-corrected chi connectivity index (χ2v) is 5.68. The van der Waals surface area contributed by atoms with Crippen LogP contribution in [0, 0.1) is 5.41 Å². The van der Waals surface area contributed by atoms with E-state index < -0.39 is 0 Å². The van der Waals surface area contributed by atoms with Gasteiger partial charge in [-0.15, -0.1) is 0 Å². The molecule has 0 saturated carbocycles. The monoisotopic (exact) mass is 283 g/mol. The van der Waals surface area contributed by atoms with Crippen LogP contribution in [0.3, 0.4) is 0 Å². The highest BCUT2D eigenvalue weighted by atomic mass is 79.9. The normalized spacial score (nSPS) is 19.8. The Bertz CT molecular complexity index is 359. The van der Waals surface area contributed by atoms with Gasteiger partial charge in [0.25, 0.3) is 0 Å². The summed E-state index contributed by atoms with van der Waals surface area (Å²) in [6.07, 6.45) is 6.03. The van der Waals surface area contributed by atoms with E-state index in [-0.39, 0.29) is 0 Å². The van der Waals surface area contributed by atoms with Crippen LogP contribution in [-0.2, 0) is 0 Å². The molecule has 0 bridgehead atoms. The number of hydrogen-bond acceptors (Lipinski definition) is 3. The molecule has 16 heavy (non-hydrogen) atoms. The number of hydrogen-bond donors (Lipinski definition) is 1. The molecule has 0 amide bonds. The molecule has 3 nitrogen and oxygen atoms in total. The molecular formula is C12H18BrN3. The van der Waals surface area contributed by atoms with Gasteiger partial charge in [0.2, 0.25) is 0 Å². The topological polar surface area (TPSA) is 42.1 Å². The Hall–Kier alpha value is -0.610. The lowest BCUT2D eigenvalue weighted by Crippen LogP contribution is -2.42. The van der Waals surface area contributed by atoms with E-state index in [1.807, 2.05) is 12.4 Å². The zero-order valence-corrected chi connectivity index (χ0v) is 11.2. The van der Waals surface area contributed by atoms with Gasteiger partial charge in [0.05, 0.1) is 10.2 Å². The van der Waals surface area contributed by atoms with Gasteiger partial charge in [-0.1, -0.05) is 6.92 Å². The van der Waals surface area contributed by atoms with Crippen molar-refractivity contribution in [2.75, 3.05) is 24.5 Å². The van der Waals surface area contributed by atoms with E-state index in [1.165, 1.54) is 5.69 Å². The third-order valence-corrected chi connectivity index (χ3v) is 4.17. The molecule has 1 aromatic rings. The molecule has 2 heterocycles. The molecule has 0 aromatic carbocycles. The Kier molecular flexibility index (Phi) is 3.50. The summed E-state index contributed by atoms with van der Waals surface area (Å²) in [5.74, 6) is 0. The Morgan fingerprint density at radius 3 is 2.75 bits per heavy atom. The molecule has 1 aliphatic heterocycles. The molecule has 0 unspecified atom stereocenters. The van der Waals surface area contributed by atoms with E-state index in [4.69, 9.17) is 5.73 Å². The van der Waals surface area contributed by atoms with Gasteiger partial charge >= 0.3 is 0 Å². The van der Waals surface area contributed by atoms with Gasteiger partial charge in [-0.25, -0.2) is 0 Å². The van der Waals surface area contributed by atoms with Crippen molar-refractivity contribution in [1.29, 1.82) is 0 Å². The van der Waals surface area contributed by atoms with Crippen LogP contribution in [0.2, 0.25) is 0 Å². The number of pyridine rings is 1. The van der Waals surface area contributed by atoms with E-state index in [2.05, 4.69) is 38.8 Å². The van der Waals surface area contributed by atoms with Gasteiger partial charge in [-0.3, -0.25) is 4.98 Å². The summed E-state index contributed by atoms with van der Waals surface area (Å²) in [6, 6.07) is 2.06. The highest BCUT2D eigenvalue weighted by Gasteiger charge is 2.29. The lowest BCUT2D eigenvalue weighted by Gasteiger charge is -2.40. The average Bonchev–Trinajstić information content (AvgIpc) is 2.31. The zero-order chi connectivity index (χ0) is 11.6. The third kappa shape index (κ3) is 2.38. The SMILES string of the molecule is CC1(CN)CCN(c2ccncc2Br)CC1. The van der Waals surface area contributed by atoms with Crippen molar-refractivity contribution in [2.24, 2.45) is 11.1 Å². The van der Waals surface area contributed by atoms with Crippen molar-refractivity contribution in [1.82, 2.24) is 4.98 Å². The largest absolute Gasteiger partial charge is 0.370 e. The van der Waals surface area contributed by atoms with Gasteiger partial charge in [0.1, 0.15) is 0 Å². The second-order valence-electron chi connectivity index (χ2n) is 4.83. The number of nitrogens with zero attached hydrogens (tertiary/aromatic N) is 2. The Labute approximate surface area is 105 Å². The number of nitrogens with two attached hydrogens (primary N) is 1. The fourth-order valence-corrected chi connectivity index (χ4v) is 2.62. The summed E-state index contributed by atoms with van der Waals surface area (Å²) in [6.45, 7) is 5.23. The summed E-state index contributed by atoms with van der Waals surface area (Å²) in [5.41, 5.74) is 7.39. The average molecular weight is 284 g/mol. The first kappa shape index (κ1) is 11.9. The molecule has 2 rings (SSSR count). The van der Waals surface area contributed by atoms with Crippen LogP contribution in [0.25, 0.3) is 0 Å². The highest BCUT2D eigenvalue weighted by Crippen LogP contribution is 2.34. The number of aromatic nitrogens is 1. The lowest BCUT2D eigenvalue weighted by molar-refractivity contribution is 0.258. The maximum absolute atomic E-state index is 5.81. The van der Waals surface area contributed by atoms with E-state index in [0.717, 1.165) is 36.9 Å². The number of halogens is 1. The Morgan fingerprint density at radius 1 is 1.50 bits per heavy atom. The summed E-state index contributed by atoms with van der Waals surface area (Å²) >= 11 is 3.55. The molecule has 1 fully saturated rings. The van der Waals surface area contributed by atoms with E-state index in [9.17, 15) is 0 Å². The van der Waals surface area contributed by atoms with Crippen LogP contribution >= 0.6 is 15.9 Å². The van der Waals surface area contributed by atoms with Crippen molar-refractivity contribution >= 4 is 21.6 Å². The third-order valence-electron chi connectivity index (χ3n) is 3.56. The summed E-state index contributed by atoms with van der Waals surface area (Å²) < 4.78 is 1.08. The van der Waals surface area contributed by atoms with E-state index in [1.54, 1.807) is 0 Å². The second kappa shape index (κ2) is 4.72. The van der Waals surface area contributed by atoms with Crippen LogP contribution in [0.5, 0.6) is 0 Å². The Balaban J connectivity index is 2.07.